The Hall–Kier alpha value is -3.29. The minimum Gasteiger partial charge on any atom is -0.497 e. The Morgan fingerprint density at radius 3 is 2.68 bits per heavy atom. The standard InChI is InChI=1S/C20H26N4O4/c1-6-28-20(26)18-12(2)19(22-13(18)3)14(4)23-24-17(25)11-21-15-8-7-9-16(10-15)27-5/h7-10,21-22H,6,11H2,1-5H3,(H,24,25)/b23-14+. The third-order valence-corrected chi connectivity index (χ3v) is 4.15. The van der Waals surface area contributed by atoms with E-state index in [2.05, 4.69) is 20.8 Å². The van der Waals surface area contributed by atoms with E-state index < -0.39 is 0 Å². The van der Waals surface area contributed by atoms with Gasteiger partial charge in [-0.2, -0.15) is 5.10 Å². The van der Waals surface area contributed by atoms with E-state index in [0.29, 0.717) is 35.0 Å². The number of carbonyl (C=O) groups excluding carboxylic acids is 2. The molecule has 3 N–H and O–H groups in total. The lowest BCUT2D eigenvalue weighted by molar-refractivity contribution is -0.119. The van der Waals surface area contributed by atoms with Crippen LogP contribution in [0.1, 0.15) is 41.2 Å². The van der Waals surface area contributed by atoms with Crippen molar-refractivity contribution in [2.45, 2.75) is 27.7 Å². The second-order valence-electron chi connectivity index (χ2n) is 6.16. The maximum Gasteiger partial charge on any atom is 0.340 e. The Morgan fingerprint density at radius 2 is 2.00 bits per heavy atom. The van der Waals surface area contributed by atoms with Crippen LogP contribution in [0.5, 0.6) is 5.75 Å². The first-order chi connectivity index (χ1) is 13.4. The smallest absolute Gasteiger partial charge is 0.340 e. The van der Waals surface area contributed by atoms with E-state index in [1.165, 1.54) is 0 Å². The summed E-state index contributed by atoms with van der Waals surface area (Å²) in [4.78, 5) is 27.3. The average molecular weight is 386 g/mol. The SMILES string of the molecule is CCOC(=O)c1c(C)[nH]c(/C(C)=N/NC(=O)CNc2cccc(OC)c2)c1C. The fraction of sp³-hybridized carbons (Fsp3) is 0.350. The number of methoxy groups -OCH3 is 1. The summed E-state index contributed by atoms with van der Waals surface area (Å²) in [6.07, 6.45) is 0. The fourth-order valence-electron chi connectivity index (χ4n) is 2.78. The molecule has 2 rings (SSSR count). The van der Waals surface area contributed by atoms with E-state index in [-0.39, 0.29) is 18.4 Å². The lowest BCUT2D eigenvalue weighted by atomic mass is 10.1. The fourth-order valence-corrected chi connectivity index (χ4v) is 2.78. The maximum atomic E-state index is 12.1. The van der Waals surface area contributed by atoms with Gasteiger partial charge in [-0.15, -0.1) is 0 Å². The van der Waals surface area contributed by atoms with Crippen LogP contribution in [0, 0.1) is 13.8 Å². The van der Waals surface area contributed by atoms with Gasteiger partial charge in [0.1, 0.15) is 5.75 Å². The van der Waals surface area contributed by atoms with Crippen LogP contribution in [0.25, 0.3) is 0 Å². The van der Waals surface area contributed by atoms with Gasteiger partial charge in [0.25, 0.3) is 5.91 Å². The number of H-pyrrole nitrogens is 1. The maximum absolute atomic E-state index is 12.1. The van der Waals surface area contributed by atoms with E-state index in [0.717, 1.165) is 11.3 Å². The number of aromatic amines is 1. The third kappa shape index (κ3) is 5.12. The molecule has 0 saturated carbocycles. The summed E-state index contributed by atoms with van der Waals surface area (Å²) < 4.78 is 10.2. The molecule has 0 atom stereocenters. The Kier molecular flexibility index (Phi) is 7.20. The number of anilines is 1. The Balaban J connectivity index is 2.00. The number of benzene rings is 1. The van der Waals surface area contributed by atoms with E-state index >= 15 is 0 Å². The van der Waals surface area contributed by atoms with Crippen molar-refractivity contribution in [3.05, 3.63) is 46.8 Å². The number of rotatable bonds is 8. The van der Waals surface area contributed by atoms with Crippen molar-refractivity contribution in [2.24, 2.45) is 5.10 Å². The van der Waals surface area contributed by atoms with Crippen molar-refractivity contribution in [1.29, 1.82) is 0 Å². The van der Waals surface area contributed by atoms with Crippen LogP contribution >= 0.6 is 0 Å². The van der Waals surface area contributed by atoms with Crippen LogP contribution < -0.4 is 15.5 Å². The van der Waals surface area contributed by atoms with E-state index in [9.17, 15) is 9.59 Å². The lowest BCUT2D eigenvalue weighted by Crippen LogP contribution is -2.26. The zero-order valence-electron chi connectivity index (χ0n) is 16.8. The van der Waals surface area contributed by atoms with Gasteiger partial charge in [0.15, 0.2) is 0 Å². The summed E-state index contributed by atoms with van der Waals surface area (Å²) in [5.41, 5.74) is 6.46. The van der Waals surface area contributed by atoms with Gasteiger partial charge in [-0.05, 0) is 45.4 Å². The second-order valence-corrected chi connectivity index (χ2v) is 6.16. The number of ether oxygens (including phenoxy) is 2. The van der Waals surface area contributed by atoms with Gasteiger partial charge in [0, 0.05) is 17.4 Å². The summed E-state index contributed by atoms with van der Waals surface area (Å²) in [6, 6.07) is 7.29. The van der Waals surface area contributed by atoms with Crippen LogP contribution in [0.3, 0.4) is 0 Å². The van der Waals surface area contributed by atoms with E-state index in [4.69, 9.17) is 9.47 Å². The predicted octanol–water partition coefficient (Wildman–Crippen LogP) is 2.77. The van der Waals surface area contributed by atoms with Crippen molar-refractivity contribution in [2.75, 3.05) is 25.6 Å². The molecule has 0 aliphatic rings. The quantitative estimate of drug-likeness (QED) is 0.368. The first kappa shape index (κ1) is 21.0. The molecule has 2 aromatic rings. The van der Waals surface area contributed by atoms with Gasteiger partial charge in [0.05, 0.1) is 37.2 Å². The molecule has 150 valence electrons. The molecule has 28 heavy (non-hydrogen) atoms. The van der Waals surface area contributed by atoms with Crippen molar-refractivity contribution in [3.8, 4) is 5.75 Å². The summed E-state index contributed by atoms with van der Waals surface area (Å²) >= 11 is 0. The topological polar surface area (TPSA) is 105 Å². The molecule has 1 amide bonds. The highest BCUT2D eigenvalue weighted by Gasteiger charge is 2.20. The van der Waals surface area contributed by atoms with Gasteiger partial charge < -0.3 is 19.8 Å². The monoisotopic (exact) mass is 386 g/mol. The number of amides is 1. The van der Waals surface area contributed by atoms with E-state index in [1.54, 1.807) is 33.9 Å². The number of nitrogens with zero attached hydrogens (tertiary/aromatic N) is 1. The van der Waals surface area contributed by atoms with Crippen LogP contribution in [0.2, 0.25) is 0 Å². The molecule has 0 aliphatic carbocycles. The molecule has 0 spiro atoms. The molecule has 8 nitrogen and oxygen atoms in total. The van der Waals surface area contributed by atoms with Gasteiger partial charge in [-0.1, -0.05) is 6.07 Å². The molecule has 0 bridgehead atoms. The second kappa shape index (κ2) is 9.59. The summed E-state index contributed by atoms with van der Waals surface area (Å²) in [7, 11) is 1.58. The van der Waals surface area contributed by atoms with Crippen molar-refractivity contribution >= 4 is 23.3 Å². The number of esters is 1. The Morgan fingerprint density at radius 1 is 1.25 bits per heavy atom. The van der Waals surface area contributed by atoms with Crippen molar-refractivity contribution in [3.63, 3.8) is 0 Å². The molecule has 0 fully saturated rings. The summed E-state index contributed by atoms with van der Waals surface area (Å²) in [5.74, 6) is 0.0299. The first-order valence-electron chi connectivity index (χ1n) is 8.95. The molecule has 0 unspecified atom stereocenters. The van der Waals surface area contributed by atoms with Crippen LogP contribution in [-0.4, -0.2) is 42.8 Å². The third-order valence-electron chi connectivity index (χ3n) is 4.15. The normalized spacial score (nSPS) is 11.1. The number of aryl methyl sites for hydroxylation is 1. The van der Waals surface area contributed by atoms with Gasteiger partial charge in [-0.3, -0.25) is 4.79 Å². The zero-order valence-corrected chi connectivity index (χ0v) is 16.8. The first-order valence-corrected chi connectivity index (χ1v) is 8.95. The Bertz CT molecular complexity index is 886. The number of hydrogen-bond acceptors (Lipinski definition) is 6. The molecular formula is C20H26N4O4. The zero-order chi connectivity index (χ0) is 20.7. The molecule has 1 aromatic carbocycles. The van der Waals surface area contributed by atoms with Crippen molar-refractivity contribution in [1.82, 2.24) is 10.4 Å². The number of carbonyl (C=O) groups is 2. The number of aromatic nitrogens is 1. The molecule has 1 heterocycles. The van der Waals surface area contributed by atoms with E-state index in [1.807, 2.05) is 25.1 Å². The highest BCUT2D eigenvalue weighted by atomic mass is 16.5. The molecule has 0 radical (unpaired) electrons. The summed E-state index contributed by atoms with van der Waals surface area (Å²) in [5, 5.41) is 7.14. The average Bonchev–Trinajstić information content (AvgIpc) is 2.99. The lowest BCUT2D eigenvalue weighted by Gasteiger charge is -2.07. The highest BCUT2D eigenvalue weighted by Crippen LogP contribution is 2.20. The molecule has 8 heteroatoms. The molecular weight excluding hydrogens is 360 g/mol. The van der Waals surface area contributed by atoms with Gasteiger partial charge in [0.2, 0.25) is 0 Å². The molecule has 1 aromatic heterocycles. The largest absolute Gasteiger partial charge is 0.497 e. The minimum atomic E-state index is -0.376. The van der Waals surface area contributed by atoms with Crippen LogP contribution in [0.4, 0.5) is 5.69 Å². The highest BCUT2D eigenvalue weighted by molar-refractivity contribution is 6.03. The molecule has 0 aliphatic heterocycles. The number of hydrazone groups is 1. The van der Waals surface area contributed by atoms with Crippen LogP contribution in [0.15, 0.2) is 29.4 Å². The summed E-state index contributed by atoms with van der Waals surface area (Å²) in [6.45, 7) is 7.49. The van der Waals surface area contributed by atoms with Gasteiger partial charge >= 0.3 is 5.97 Å². The predicted molar refractivity (Wildman–Crippen MR) is 108 cm³/mol. The molecule has 0 saturated heterocycles. The number of hydrogen-bond donors (Lipinski definition) is 3. The van der Waals surface area contributed by atoms with Gasteiger partial charge in [-0.25, -0.2) is 10.2 Å². The van der Waals surface area contributed by atoms with Crippen LogP contribution in [-0.2, 0) is 9.53 Å². The number of nitrogens with one attached hydrogen (secondary N) is 3. The minimum absolute atomic E-state index is 0.0563. The van der Waals surface area contributed by atoms with Crippen molar-refractivity contribution < 1.29 is 19.1 Å². The Labute approximate surface area is 164 Å².